The summed E-state index contributed by atoms with van der Waals surface area (Å²) < 4.78 is 5.41. The van der Waals surface area contributed by atoms with Crippen molar-refractivity contribution in [2.45, 2.75) is 13.0 Å². The van der Waals surface area contributed by atoms with Crippen molar-refractivity contribution in [3.05, 3.63) is 47.7 Å². The molecule has 0 saturated carbocycles. The number of hydrogen-bond acceptors (Lipinski definition) is 3. The maximum absolute atomic E-state index is 8.32. The van der Waals surface area contributed by atoms with Gasteiger partial charge in [-0.2, -0.15) is 5.26 Å². The minimum Gasteiger partial charge on any atom is -0.401 e. The fourth-order valence-electron chi connectivity index (χ4n) is 1.11. The zero-order valence-corrected chi connectivity index (χ0v) is 8.52. The van der Waals surface area contributed by atoms with Gasteiger partial charge in [0.05, 0.1) is 19.3 Å². The van der Waals surface area contributed by atoms with Crippen molar-refractivity contribution in [2.24, 2.45) is 5.73 Å². The van der Waals surface area contributed by atoms with Crippen molar-refractivity contribution < 1.29 is 4.74 Å². The summed E-state index contributed by atoms with van der Waals surface area (Å²) in [7, 11) is 0. The molecule has 0 bridgehead atoms. The summed E-state index contributed by atoms with van der Waals surface area (Å²) in [5.74, 6) is 0. The summed E-state index contributed by atoms with van der Waals surface area (Å²) in [6, 6.07) is 11.8. The van der Waals surface area contributed by atoms with Crippen LogP contribution in [0.4, 0.5) is 0 Å². The van der Waals surface area contributed by atoms with Crippen LogP contribution in [0.2, 0.25) is 0 Å². The van der Waals surface area contributed by atoms with E-state index in [0.717, 1.165) is 5.56 Å². The Hall–Kier alpha value is -1.79. The van der Waals surface area contributed by atoms with Gasteiger partial charge in [0.2, 0.25) is 0 Å². The summed E-state index contributed by atoms with van der Waals surface area (Å²) >= 11 is 0. The van der Waals surface area contributed by atoms with Crippen LogP contribution >= 0.6 is 0 Å². The molecule has 0 spiro atoms. The highest BCUT2D eigenvalue weighted by Gasteiger charge is 1.93. The van der Waals surface area contributed by atoms with Gasteiger partial charge in [0, 0.05) is 18.2 Å². The Morgan fingerprint density at radius 3 is 2.80 bits per heavy atom. The first-order valence-electron chi connectivity index (χ1n) is 4.78. The number of ether oxygens (including phenoxy) is 1. The minimum absolute atomic E-state index is 0.541. The highest BCUT2D eigenvalue weighted by Crippen LogP contribution is 2.01. The number of hydrogen-bond donors (Lipinski definition) is 1. The van der Waals surface area contributed by atoms with Gasteiger partial charge in [-0.1, -0.05) is 30.3 Å². The second kappa shape index (κ2) is 6.63. The number of benzene rings is 1. The fourth-order valence-corrected chi connectivity index (χ4v) is 1.11. The lowest BCUT2D eigenvalue weighted by atomic mass is 10.2. The van der Waals surface area contributed by atoms with Crippen LogP contribution in [0.3, 0.4) is 0 Å². The lowest BCUT2D eigenvalue weighted by Crippen LogP contribution is -2.02. The molecule has 1 rings (SSSR count). The number of nitriles is 1. The van der Waals surface area contributed by atoms with Crippen LogP contribution in [0.15, 0.2) is 42.1 Å². The third-order valence-electron chi connectivity index (χ3n) is 1.90. The molecular weight excluding hydrogens is 188 g/mol. The van der Waals surface area contributed by atoms with Gasteiger partial charge in [-0.15, -0.1) is 0 Å². The van der Waals surface area contributed by atoms with Crippen molar-refractivity contribution in [1.29, 1.82) is 5.26 Å². The highest BCUT2D eigenvalue weighted by molar-refractivity contribution is 5.13. The van der Waals surface area contributed by atoms with Crippen LogP contribution in [0.25, 0.3) is 0 Å². The predicted molar refractivity (Wildman–Crippen MR) is 58.6 cm³/mol. The Morgan fingerprint density at radius 1 is 1.40 bits per heavy atom. The quantitative estimate of drug-likeness (QED) is 0.586. The largest absolute Gasteiger partial charge is 0.401 e. The second-order valence-electron chi connectivity index (χ2n) is 3.14. The summed E-state index contributed by atoms with van der Waals surface area (Å²) in [5.41, 5.74) is 7.22. The molecule has 0 unspecified atom stereocenters. The molecule has 0 radical (unpaired) electrons. The Kier molecular flexibility index (Phi) is 4.99. The Bertz CT molecular complexity index is 352. The van der Waals surface area contributed by atoms with Gasteiger partial charge in [0.25, 0.3) is 0 Å². The van der Waals surface area contributed by atoms with E-state index in [1.54, 1.807) is 0 Å². The van der Waals surface area contributed by atoms with E-state index < -0.39 is 0 Å². The normalized spacial score (nSPS) is 11.0. The van der Waals surface area contributed by atoms with Crippen LogP contribution < -0.4 is 5.73 Å². The smallest absolute Gasteiger partial charge is 0.0930 e. The van der Waals surface area contributed by atoms with Gasteiger partial charge in [0.1, 0.15) is 0 Å². The Morgan fingerprint density at radius 2 is 2.13 bits per heavy atom. The first-order chi connectivity index (χ1) is 7.33. The van der Waals surface area contributed by atoms with Gasteiger partial charge in [-0.3, -0.25) is 0 Å². The van der Waals surface area contributed by atoms with Crippen molar-refractivity contribution in [3.63, 3.8) is 0 Å². The lowest BCUT2D eigenvalue weighted by molar-refractivity contribution is 0.123. The van der Waals surface area contributed by atoms with E-state index in [1.807, 2.05) is 36.4 Å². The van der Waals surface area contributed by atoms with E-state index in [9.17, 15) is 0 Å². The fraction of sp³-hybridized carbons (Fsp3) is 0.250. The summed E-state index contributed by atoms with van der Waals surface area (Å²) in [6.45, 7) is 1.12. The maximum Gasteiger partial charge on any atom is 0.0930 e. The number of rotatable bonds is 5. The summed E-state index contributed by atoms with van der Waals surface area (Å²) in [4.78, 5) is 0. The SMILES string of the molecule is N#C/C=C(\N)CCOCc1ccccc1. The van der Waals surface area contributed by atoms with Crippen molar-refractivity contribution in [2.75, 3.05) is 6.61 Å². The van der Waals surface area contributed by atoms with Gasteiger partial charge in [-0.05, 0) is 5.56 Å². The van der Waals surface area contributed by atoms with Gasteiger partial charge in [-0.25, -0.2) is 0 Å². The monoisotopic (exact) mass is 202 g/mol. The van der Waals surface area contributed by atoms with Crippen LogP contribution in [0, 0.1) is 11.3 Å². The van der Waals surface area contributed by atoms with Crippen LogP contribution in [-0.4, -0.2) is 6.61 Å². The molecule has 3 nitrogen and oxygen atoms in total. The lowest BCUT2D eigenvalue weighted by Gasteiger charge is -2.03. The second-order valence-corrected chi connectivity index (χ2v) is 3.14. The molecule has 0 heterocycles. The third-order valence-corrected chi connectivity index (χ3v) is 1.90. The van der Waals surface area contributed by atoms with Crippen molar-refractivity contribution >= 4 is 0 Å². The van der Waals surface area contributed by atoms with Crippen molar-refractivity contribution in [1.82, 2.24) is 0 Å². The number of allylic oxidation sites excluding steroid dienone is 1. The topological polar surface area (TPSA) is 59.0 Å². The number of nitrogens with zero attached hydrogens (tertiary/aromatic N) is 1. The molecule has 0 aromatic heterocycles. The standard InChI is InChI=1S/C12H14N2O/c13-8-6-12(14)7-9-15-10-11-4-2-1-3-5-11/h1-6H,7,9-10,14H2/b12-6-. The molecular formula is C12H14N2O. The van der Waals surface area contributed by atoms with Crippen molar-refractivity contribution in [3.8, 4) is 6.07 Å². The molecule has 0 aliphatic carbocycles. The molecule has 1 aromatic carbocycles. The summed E-state index contributed by atoms with van der Waals surface area (Å²) in [6.07, 6.45) is 1.94. The van der Waals surface area contributed by atoms with E-state index in [2.05, 4.69) is 0 Å². The van der Waals surface area contributed by atoms with E-state index >= 15 is 0 Å². The molecule has 0 aliphatic heterocycles. The molecule has 0 fully saturated rings. The molecule has 15 heavy (non-hydrogen) atoms. The number of nitrogens with two attached hydrogens (primary N) is 1. The molecule has 3 heteroatoms. The minimum atomic E-state index is 0.541. The zero-order chi connectivity index (χ0) is 10.9. The highest BCUT2D eigenvalue weighted by atomic mass is 16.5. The van der Waals surface area contributed by atoms with Crippen LogP contribution in [0.1, 0.15) is 12.0 Å². The molecule has 0 amide bonds. The average molecular weight is 202 g/mol. The van der Waals surface area contributed by atoms with Gasteiger partial charge >= 0.3 is 0 Å². The van der Waals surface area contributed by atoms with E-state index in [-0.39, 0.29) is 0 Å². The van der Waals surface area contributed by atoms with E-state index in [4.69, 9.17) is 15.7 Å². The average Bonchev–Trinajstić information content (AvgIpc) is 2.26. The summed E-state index contributed by atoms with van der Waals surface area (Å²) in [5, 5.41) is 8.32. The van der Waals surface area contributed by atoms with Gasteiger partial charge in [0.15, 0.2) is 0 Å². The van der Waals surface area contributed by atoms with E-state index in [0.29, 0.717) is 25.3 Å². The van der Waals surface area contributed by atoms with Gasteiger partial charge < -0.3 is 10.5 Å². The third kappa shape index (κ3) is 4.84. The molecule has 0 aliphatic rings. The zero-order valence-electron chi connectivity index (χ0n) is 8.52. The molecule has 0 atom stereocenters. The molecule has 2 N–H and O–H groups in total. The molecule has 1 aromatic rings. The first-order valence-corrected chi connectivity index (χ1v) is 4.78. The Labute approximate surface area is 89.8 Å². The Balaban J connectivity index is 2.18. The van der Waals surface area contributed by atoms with Crippen LogP contribution in [-0.2, 0) is 11.3 Å². The molecule has 78 valence electrons. The predicted octanol–water partition coefficient (Wildman–Crippen LogP) is 1.96. The maximum atomic E-state index is 8.32. The molecule has 0 saturated heterocycles. The first kappa shape index (κ1) is 11.3. The van der Waals surface area contributed by atoms with Crippen LogP contribution in [0.5, 0.6) is 0 Å². The van der Waals surface area contributed by atoms with E-state index in [1.165, 1.54) is 6.08 Å².